The Kier molecular flexibility index (Phi) is 1.91. The molecule has 4 bridgehead atoms. The molecule has 0 heterocycles. The number of hydrogen-bond donors (Lipinski definition) is 0. The predicted octanol–water partition coefficient (Wildman–Crippen LogP) is 1.41. The Balaban J connectivity index is 1.94. The van der Waals surface area contributed by atoms with E-state index in [9.17, 15) is 9.59 Å². The first-order chi connectivity index (χ1) is 7.22. The molecule has 0 N–H and O–H groups in total. The molecule has 3 heteroatoms. The van der Waals surface area contributed by atoms with Gasteiger partial charge in [-0.15, -0.1) is 0 Å². The average molecular weight is 208 g/mol. The van der Waals surface area contributed by atoms with Gasteiger partial charge in [-0.3, -0.25) is 9.59 Å². The van der Waals surface area contributed by atoms with Crippen molar-refractivity contribution in [2.24, 2.45) is 29.6 Å². The number of ether oxygens (including phenoxy) is 1. The van der Waals surface area contributed by atoms with Crippen molar-refractivity contribution in [2.75, 3.05) is 7.11 Å². The standard InChI is InChI=1S/C12H16O3/c1-15-12(14)11-7-3-2-6-4-9(7)10(13)5-8(6)11/h6-9,11H,2-5H2,1H3/t6?,7?,8?,9?,11-/m1/s1. The lowest BCUT2D eigenvalue weighted by Gasteiger charge is -2.55. The van der Waals surface area contributed by atoms with E-state index in [1.807, 2.05) is 0 Å². The minimum absolute atomic E-state index is 0.0326. The largest absolute Gasteiger partial charge is 0.469 e. The second-order valence-corrected chi connectivity index (χ2v) is 5.23. The molecule has 4 unspecified atom stereocenters. The minimum atomic E-state index is -0.0769. The van der Waals surface area contributed by atoms with Gasteiger partial charge in [0.2, 0.25) is 0 Å². The SMILES string of the molecule is COC(=O)[C@H]1C2CC(=O)C3CC2CCC31. The molecule has 0 spiro atoms. The predicted molar refractivity (Wildman–Crippen MR) is 52.9 cm³/mol. The van der Waals surface area contributed by atoms with E-state index in [1.54, 1.807) is 0 Å². The Hall–Kier alpha value is -0.860. The quantitative estimate of drug-likeness (QED) is 0.612. The maximum absolute atomic E-state index is 11.7. The number of rotatable bonds is 1. The van der Waals surface area contributed by atoms with Crippen molar-refractivity contribution in [3.05, 3.63) is 0 Å². The van der Waals surface area contributed by atoms with Crippen LogP contribution in [0.15, 0.2) is 0 Å². The number of Topliss-reactive ketones (excluding diaryl/α,β-unsaturated/α-hetero) is 1. The van der Waals surface area contributed by atoms with E-state index >= 15 is 0 Å². The van der Waals surface area contributed by atoms with Gasteiger partial charge in [-0.2, -0.15) is 0 Å². The molecule has 5 fully saturated rings. The van der Waals surface area contributed by atoms with Crippen LogP contribution in [0.25, 0.3) is 0 Å². The van der Waals surface area contributed by atoms with E-state index < -0.39 is 0 Å². The molecule has 0 aromatic rings. The van der Waals surface area contributed by atoms with E-state index in [0.29, 0.717) is 30.0 Å². The van der Waals surface area contributed by atoms with Crippen molar-refractivity contribution in [1.29, 1.82) is 0 Å². The summed E-state index contributed by atoms with van der Waals surface area (Å²) in [4.78, 5) is 23.5. The van der Waals surface area contributed by atoms with Crippen molar-refractivity contribution in [1.82, 2.24) is 0 Å². The first-order valence-corrected chi connectivity index (χ1v) is 5.83. The number of esters is 1. The van der Waals surface area contributed by atoms with Crippen LogP contribution < -0.4 is 0 Å². The van der Waals surface area contributed by atoms with Crippen LogP contribution in [0.4, 0.5) is 0 Å². The molecule has 5 saturated carbocycles. The van der Waals surface area contributed by atoms with Gasteiger partial charge in [0.1, 0.15) is 5.78 Å². The smallest absolute Gasteiger partial charge is 0.309 e. The van der Waals surface area contributed by atoms with Crippen LogP contribution in [0.1, 0.15) is 25.7 Å². The van der Waals surface area contributed by atoms with Crippen molar-refractivity contribution in [3.63, 3.8) is 0 Å². The highest BCUT2D eigenvalue weighted by Gasteiger charge is 2.58. The fourth-order valence-corrected chi connectivity index (χ4v) is 4.19. The van der Waals surface area contributed by atoms with E-state index in [4.69, 9.17) is 4.74 Å². The third-order valence-corrected chi connectivity index (χ3v) is 4.80. The normalized spacial score (nSPS) is 47.0. The lowest BCUT2D eigenvalue weighted by atomic mass is 9.48. The van der Waals surface area contributed by atoms with E-state index in [1.165, 1.54) is 13.5 Å². The zero-order chi connectivity index (χ0) is 10.6. The zero-order valence-corrected chi connectivity index (χ0v) is 8.94. The van der Waals surface area contributed by atoms with Gasteiger partial charge in [0.05, 0.1) is 13.0 Å². The molecular weight excluding hydrogens is 192 g/mol. The van der Waals surface area contributed by atoms with E-state index in [0.717, 1.165) is 12.8 Å². The molecule has 0 aromatic heterocycles. The summed E-state index contributed by atoms with van der Waals surface area (Å²) in [7, 11) is 1.46. The average Bonchev–Trinajstić information content (AvgIpc) is 2.28. The Morgan fingerprint density at radius 2 is 2.13 bits per heavy atom. The number of carbonyl (C=O) groups is 2. The molecular formula is C12H16O3. The molecule has 5 aliphatic rings. The van der Waals surface area contributed by atoms with E-state index in [-0.39, 0.29) is 17.8 Å². The van der Waals surface area contributed by atoms with Gasteiger partial charge in [-0.1, -0.05) is 0 Å². The molecule has 0 amide bonds. The molecule has 5 aliphatic carbocycles. The molecule has 82 valence electrons. The van der Waals surface area contributed by atoms with Crippen molar-refractivity contribution in [2.45, 2.75) is 25.7 Å². The van der Waals surface area contributed by atoms with Crippen LogP contribution in [-0.4, -0.2) is 18.9 Å². The number of methoxy groups -OCH3 is 1. The van der Waals surface area contributed by atoms with Gasteiger partial charge < -0.3 is 4.74 Å². The number of fused-ring (bicyclic) bond motifs is 2. The third kappa shape index (κ3) is 1.12. The van der Waals surface area contributed by atoms with Crippen LogP contribution in [0.5, 0.6) is 0 Å². The summed E-state index contributed by atoms with van der Waals surface area (Å²) >= 11 is 0. The first kappa shape index (κ1) is 9.37. The summed E-state index contributed by atoms with van der Waals surface area (Å²) in [5.74, 6) is 1.75. The van der Waals surface area contributed by atoms with Crippen LogP contribution in [-0.2, 0) is 14.3 Å². The zero-order valence-electron chi connectivity index (χ0n) is 8.94. The summed E-state index contributed by atoms with van der Waals surface area (Å²) in [6.45, 7) is 0. The number of ketones is 1. The molecule has 0 radical (unpaired) electrons. The highest BCUT2D eigenvalue weighted by molar-refractivity contribution is 5.87. The highest BCUT2D eigenvalue weighted by atomic mass is 16.5. The minimum Gasteiger partial charge on any atom is -0.469 e. The Morgan fingerprint density at radius 1 is 1.33 bits per heavy atom. The van der Waals surface area contributed by atoms with E-state index in [2.05, 4.69) is 0 Å². The van der Waals surface area contributed by atoms with Crippen LogP contribution in [0, 0.1) is 29.6 Å². The first-order valence-electron chi connectivity index (χ1n) is 5.83. The fraction of sp³-hybridized carbons (Fsp3) is 0.833. The molecule has 5 atom stereocenters. The summed E-state index contributed by atoms with van der Waals surface area (Å²) in [5.41, 5.74) is 0. The van der Waals surface area contributed by atoms with Crippen molar-refractivity contribution < 1.29 is 14.3 Å². The van der Waals surface area contributed by atoms with Crippen LogP contribution >= 0.6 is 0 Å². The summed E-state index contributed by atoms with van der Waals surface area (Å²) < 4.78 is 4.88. The van der Waals surface area contributed by atoms with Gasteiger partial charge in [0.15, 0.2) is 0 Å². The Morgan fingerprint density at radius 3 is 2.80 bits per heavy atom. The topological polar surface area (TPSA) is 43.4 Å². The summed E-state index contributed by atoms with van der Waals surface area (Å²) in [6, 6.07) is 0. The van der Waals surface area contributed by atoms with Gasteiger partial charge in [0, 0.05) is 12.3 Å². The molecule has 3 nitrogen and oxygen atoms in total. The van der Waals surface area contributed by atoms with Gasteiger partial charge >= 0.3 is 5.97 Å². The second-order valence-electron chi connectivity index (χ2n) is 5.23. The maximum atomic E-state index is 11.7. The number of hydrogen-bond acceptors (Lipinski definition) is 3. The Bertz CT molecular complexity index is 321. The summed E-state index contributed by atoms with van der Waals surface area (Å²) in [5, 5.41) is 0. The second kappa shape index (κ2) is 3.06. The maximum Gasteiger partial charge on any atom is 0.309 e. The molecule has 15 heavy (non-hydrogen) atoms. The number of carbonyl (C=O) groups excluding carboxylic acids is 2. The summed E-state index contributed by atoms with van der Waals surface area (Å²) in [6.07, 6.45) is 3.94. The van der Waals surface area contributed by atoms with Crippen molar-refractivity contribution in [3.8, 4) is 0 Å². The van der Waals surface area contributed by atoms with Crippen LogP contribution in [0.2, 0.25) is 0 Å². The van der Waals surface area contributed by atoms with Gasteiger partial charge in [-0.25, -0.2) is 0 Å². The monoisotopic (exact) mass is 208 g/mol. The molecule has 5 rings (SSSR count). The molecule has 0 saturated heterocycles. The fourth-order valence-electron chi connectivity index (χ4n) is 4.19. The molecule has 0 aromatic carbocycles. The Labute approximate surface area is 89.2 Å². The van der Waals surface area contributed by atoms with Crippen molar-refractivity contribution >= 4 is 11.8 Å². The molecule has 0 aliphatic heterocycles. The lowest BCUT2D eigenvalue weighted by molar-refractivity contribution is -0.170. The highest BCUT2D eigenvalue weighted by Crippen LogP contribution is 2.57. The van der Waals surface area contributed by atoms with Gasteiger partial charge in [-0.05, 0) is 37.0 Å². The lowest BCUT2D eigenvalue weighted by Crippen LogP contribution is -2.56. The third-order valence-electron chi connectivity index (χ3n) is 4.80. The van der Waals surface area contributed by atoms with Gasteiger partial charge in [0.25, 0.3) is 0 Å². The van der Waals surface area contributed by atoms with Crippen LogP contribution in [0.3, 0.4) is 0 Å².